The standard InChI is InChI=1S/C18H19N3O5/c1-3-25-16-10-12(11-20-21-18(19)23)4-9-15(16)26-17(22)13-5-7-14(24-2)8-6-13/h4-11H,3H2,1-2H3,(H3,19,21,23). The van der Waals surface area contributed by atoms with Crippen LogP contribution in [0, 0.1) is 0 Å². The average molecular weight is 357 g/mol. The Balaban J connectivity index is 2.17. The van der Waals surface area contributed by atoms with Gasteiger partial charge in [0.1, 0.15) is 5.75 Å². The van der Waals surface area contributed by atoms with Crippen LogP contribution in [0.4, 0.5) is 4.79 Å². The molecule has 0 fully saturated rings. The van der Waals surface area contributed by atoms with Crippen LogP contribution < -0.4 is 25.4 Å². The summed E-state index contributed by atoms with van der Waals surface area (Å²) < 4.78 is 16.0. The van der Waals surface area contributed by atoms with E-state index in [1.807, 2.05) is 6.92 Å². The lowest BCUT2D eigenvalue weighted by atomic mass is 10.2. The third-order valence-corrected chi connectivity index (χ3v) is 3.18. The highest BCUT2D eigenvalue weighted by Crippen LogP contribution is 2.29. The highest BCUT2D eigenvalue weighted by Gasteiger charge is 2.13. The van der Waals surface area contributed by atoms with Gasteiger partial charge in [-0.05, 0) is 55.0 Å². The van der Waals surface area contributed by atoms with Gasteiger partial charge >= 0.3 is 12.0 Å². The number of nitrogens with two attached hydrogens (primary N) is 1. The zero-order valence-corrected chi connectivity index (χ0v) is 14.4. The number of nitrogens with zero attached hydrogens (tertiary/aromatic N) is 1. The van der Waals surface area contributed by atoms with Crippen molar-refractivity contribution in [3.63, 3.8) is 0 Å². The van der Waals surface area contributed by atoms with E-state index >= 15 is 0 Å². The van der Waals surface area contributed by atoms with Crippen LogP contribution in [0.15, 0.2) is 47.6 Å². The predicted molar refractivity (Wildman–Crippen MR) is 95.9 cm³/mol. The Bertz CT molecular complexity index is 803. The molecule has 0 aliphatic rings. The quantitative estimate of drug-likeness (QED) is 0.342. The monoisotopic (exact) mass is 357 g/mol. The fourth-order valence-corrected chi connectivity index (χ4v) is 2.01. The van der Waals surface area contributed by atoms with Gasteiger partial charge in [-0.15, -0.1) is 0 Å². The largest absolute Gasteiger partial charge is 0.497 e. The van der Waals surface area contributed by atoms with Crippen LogP contribution in [0.5, 0.6) is 17.2 Å². The molecule has 0 aromatic heterocycles. The number of urea groups is 1. The van der Waals surface area contributed by atoms with Crippen molar-refractivity contribution in [2.75, 3.05) is 13.7 Å². The van der Waals surface area contributed by atoms with Gasteiger partial charge < -0.3 is 19.9 Å². The summed E-state index contributed by atoms with van der Waals surface area (Å²) in [6.07, 6.45) is 1.39. The first kappa shape index (κ1) is 18.8. The highest BCUT2D eigenvalue weighted by atomic mass is 16.6. The molecule has 26 heavy (non-hydrogen) atoms. The minimum atomic E-state index is -0.767. The molecular formula is C18H19N3O5. The number of primary amides is 1. The summed E-state index contributed by atoms with van der Waals surface area (Å²) in [7, 11) is 1.55. The molecular weight excluding hydrogens is 338 g/mol. The first-order chi connectivity index (χ1) is 12.5. The molecule has 136 valence electrons. The van der Waals surface area contributed by atoms with E-state index in [-0.39, 0.29) is 5.75 Å². The molecule has 8 nitrogen and oxygen atoms in total. The molecule has 0 atom stereocenters. The van der Waals surface area contributed by atoms with Crippen molar-refractivity contribution in [3.8, 4) is 17.2 Å². The van der Waals surface area contributed by atoms with Crippen molar-refractivity contribution >= 4 is 18.2 Å². The zero-order chi connectivity index (χ0) is 18.9. The maximum atomic E-state index is 12.3. The zero-order valence-electron chi connectivity index (χ0n) is 14.4. The van der Waals surface area contributed by atoms with Crippen molar-refractivity contribution in [2.24, 2.45) is 10.8 Å². The molecule has 0 unspecified atom stereocenters. The third kappa shape index (κ3) is 5.23. The maximum absolute atomic E-state index is 12.3. The van der Waals surface area contributed by atoms with Gasteiger partial charge in [-0.25, -0.2) is 15.0 Å². The van der Waals surface area contributed by atoms with E-state index in [2.05, 4.69) is 10.5 Å². The Kier molecular flexibility index (Phi) is 6.55. The smallest absolute Gasteiger partial charge is 0.343 e. The van der Waals surface area contributed by atoms with Gasteiger partial charge in [0.2, 0.25) is 0 Å². The summed E-state index contributed by atoms with van der Waals surface area (Å²) in [6.45, 7) is 2.19. The van der Waals surface area contributed by atoms with Crippen LogP contribution in [0.1, 0.15) is 22.8 Å². The van der Waals surface area contributed by atoms with E-state index in [4.69, 9.17) is 19.9 Å². The van der Waals surface area contributed by atoms with E-state index in [0.717, 1.165) is 0 Å². The van der Waals surface area contributed by atoms with E-state index < -0.39 is 12.0 Å². The Morgan fingerprint density at radius 1 is 1.15 bits per heavy atom. The number of esters is 1. The SMILES string of the molecule is CCOc1cc(C=NNC(N)=O)ccc1OC(=O)c1ccc(OC)cc1. The van der Waals surface area contributed by atoms with Crippen molar-refractivity contribution in [1.29, 1.82) is 0 Å². The number of hydrogen-bond donors (Lipinski definition) is 2. The number of rotatable bonds is 7. The van der Waals surface area contributed by atoms with Crippen molar-refractivity contribution in [3.05, 3.63) is 53.6 Å². The number of hydrogen-bond acceptors (Lipinski definition) is 6. The molecule has 2 aromatic rings. The molecule has 0 heterocycles. The number of methoxy groups -OCH3 is 1. The second kappa shape index (κ2) is 9.07. The summed E-state index contributed by atoms with van der Waals surface area (Å²) in [6, 6.07) is 10.7. The Hall–Kier alpha value is -3.55. The number of hydrazone groups is 1. The van der Waals surface area contributed by atoms with Gasteiger partial charge in [0, 0.05) is 0 Å². The van der Waals surface area contributed by atoms with E-state index in [1.165, 1.54) is 6.21 Å². The number of ether oxygens (including phenoxy) is 3. The minimum Gasteiger partial charge on any atom is -0.497 e. The maximum Gasteiger partial charge on any atom is 0.343 e. The van der Waals surface area contributed by atoms with E-state index in [0.29, 0.717) is 29.2 Å². The molecule has 0 saturated heterocycles. The second-order valence-corrected chi connectivity index (χ2v) is 4.99. The normalized spacial score (nSPS) is 10.4. The fraction of sp³-hybridized carbons (Fsp3) is 0.167. The number of carbonyl (C=O) groups is 2. The minimum absolute atomic E-state index is 0.271. The summed E-state index contributed by atoms with van der Waals surface area (Å²) in [4.78, 5) is 22.9. The van der Waals surface area contributed by atoms with Crippen LogP contribution in [0.2, 0.25) is 0 Å². The summed E-state index contributed by atoms with van der Waals surface area (Å²) >= 11 is 0. The molecule has 0 bridgehead atoms. The van der Waals surface area contributed by atoms with Crippen LogP contribution in [0.3, 0.4) is 0 Å². The molecule has 2 amide bonds. The molecule has 0 aliphatic heterocycles. The molecule has 0 radical (unpaired) electrons. The molecule has 2 aromatic carbocycles. The Morgan fingerprint density at radius 3 is 2.50 bits per heavy atom. The summed E-state index contributed by atoms with van der Waals surface area (Å²) in [5.41, 5.74) is 8.04. The lowest BCUT2D eigenvalue weighted by Gasteiger charge is -2.11. The summed E-state index contributed by atoms with van der Waals surface area (Å²) in [5.74, 6) is 0.764. The predicted octanol–water partition coefficient (Wildman–Crippen LogP) is 2.32. The van der Waals surface area contributed by atoms with Gasteiger partial charge in [0.25, 0.3) is 0 Å². The fourth-order valence-electron chi connectivity index (χ4n) is 2.01. The van der Waals surface area contributed by atoms with Crippen LogP contribution >= 0.6 is 0 Å². The molecule has 3 N–H and O–H groups in total. The lowest BCUT2D eigenvalue weighted by molar-refractivity contribution is 0.0728. The Labute approximate surface area is 150 Å². The summed E-state index contributed by atoms with van der Waals surface area (Å²) in [5, 5.41) is 3.67. The first-order valence-corrected chi connectivity index (χ1v) is 7.75. The third-order valence-electron chi connectivity index (χ3n) is 3.18. The topological polar surface area (TPSA) is 112 Å². The molecule has 0 aliphatic carbocycles. The lowest BCUT2D eigenvalue weighted by Crippen LogP contribution is -2.24. The van der Waals surface area contributed by atoms with Gasteiger partial charge in [-0.3, -0.25) is 0 Å². The average Bonchev–Trinajstić information content (AvgIpc) is 2.63. The number of amides is 2. The number of nitrogens with one attached hydrogen (secondary N) is 1. The molecule has 8 heteroatoms. The molecule has 0 spiro atoms. The van der Waals surface area contributed by atoms with Gasteiger partial charge in [-0.1, -0.05) is 0 Å². The first-order valence-electron chi connectivity index (χ1n) is 7.75. The van der Waals surface area contributed by atoms with Gasteiger partial charge in [0.15, 0.2) is 11.5 Å². The molecule has 2 rings (SSSR count). The molecule has 0 saturated carbocycles. The second-order valence-electron chi connectivity index (χ2n) is 4.99. The van der Waals surface area contributed by atoms with Crippen molar-refractivity contribution < 1.29 is 23.8 Å². The van der Waals surface area contributed by atoms with E-state index in [1.54, 1.807) is 49.6 Å². The van der Waals surface area contributed by atoms with Gasteiger partial charge in [-0.2, -0.15) is 5.10 Å². The van der Waals surface area contributed by atoms with E-state index in [9.17, 15) is 9.59 Å². The van der Waals surface area contributed by atoms with Crippen LogP contribution in [0.25, 0.3) is 0 Å². The van der Waals surface area contributed by atoms with Crippen LogP contribution in [-0.2, 0) is 0 Å². The number of carbonyl (C=O) groups excluding carboxylic acids is 2. The Morgan fingerprint density at radius 2 is 1.88 bits per heavy atom. The van der Waals surface area contributed by atoms with Crippen molar-refractivity contribution in [2.45, 2.75) is 6.92 Å². The highest BCUT2D eigenvalue weighted by molar-refractivity contribution is 5.91. The van der Waals surface area contributed by atoms with Crippen molar-refractivity contribution in [1.82, 2.24) is 5.43 Å². The van der Waals surface area contributed by atoms with Gasteiger partial charge in [0.05, 0.1) is 25.5 Å². The number of benzene rings is 2. The van der Waals surface area contributed by atoms with Crippen LogP contribution in [-0.4, -0.2) is 31.9 Å².